The first-order valence-corrected chi connectivity index (χ1v) is 30.2. The molecule has 2 aromatic rings. The molecule has 0 saturated heterocycles. The van der Waals surface area contributed by atoms with Gasteiger partial charge in [-0.15, -0.1) is 0 Å². The van der Waals surface area contributed by atoms with Crippen molar-refractivity contribution in [2.24, 2.45) is 0 Å². The van der Waals surface area contributed by atoms with Crippen LogP contribution in [0.15, 0.2) is 60.7 Å². The first kappa shape index (κ1) is 19.9. The predicted octanol–water partition coefficient (Wildman–Crippen LogP) is 6.49. The molecule has 0 nitrogen and oxygen atoms in total. The van der Waals surface area contributed by atoms with Crippen LogP contribution in [0.5, 0.6) is 0 Å². The maximum atomic E-state index is 8.56. The molecule has 2 aliphatic carbocycles. The van der Waals surface area contributed by atoms with E-state index in [1.54, 1.807) is 0 Å². The van der Waals surface area contributed by atoms with Gasteiger partial charge in [-0.2, -0.15) is 0 Å². The Morgan fingerprint density at radius 1 is 0.667 bits per heavy atom. The molecule has 5 heteroatoms. The van der Waals surface area contributed by atoms with E-state index in [9.17, 15) is 0 Å². The molecule has 4 rings (SSSR count). The normalized spacial score (nSPS) is 31.0. The van der Waals surface area contributed by atoms with Crippen LogP contribution in [0, 0.1) is 0 Å². The molecule has 2 aromatic carbocycles. The number of rotatable bonds is 2. The molecule has 2 unspecified atom stereocenters. The Bertz CT molecular complexity index is 1430. The quantitative estimate of drug-likeness (QED) is 0.442. The van der Waals surface area contributed by atoms with Crippen molar-refractivity contribution in [3.63, 3.8) is 0 Å². The molecule has 0 amide bonds. The summed E-state index contributed by atoms with van der Waals surface area (Å²) >= 11 is 0. The van der Waals surface area contributed by atoms with Crippen LogP contribution in [-0.4, -0.2) is 15.3 Å². The molecule has 2 atom stereocenters. The van der Waals surface area contributed by atoms with Gasteiger partial charge in [0, 0.05) is 0 Å². The van der Waals surface area contributed by atoms with E-state index in [0.29, 0.717) is 0 Å². The SMILES string of the molecule is [CH3][Ti]([CH3])([CH3])([CH3])(=[SiH2])(=[SiH2])([Cl])([Cl])([CH]1C=Cc2ccccc21)[CH]1C=Cc2ccccc21. The average Bonchev–Trinajstić information content (AvgIpc) is 3.11. The van der Waals surface area contributed by atoms with Gasteiger partial charge in [-0.3, -0.25) is 0 Å². The van der Waals surface area contributed by atoms with E-state index in [1.807, 2.05) is 15.3 Å². The van der Waals surface area contributed by atoms with Crippen molar-refractivity contribution in [2.75, 3.05) is 0 Å². The average molecular weight is 469 g/mol. The van der Waals surface area contributed by atoms with Crippen molar-refractivity contribution >= 4 is 46.0 Å². The number of hydrogen-bond acceptors (Lipinski definition) is 0. The molecule has 0 spiro atoms. The van der Waals surface area contributed by atoms with Crippen LogP contribution < -0.4 is 0 Å². The van der Waals surface area contributed by atoms with Gasteiger partial charge in [-0.05, 0) is 0 Å². The van der Waals surface area contributed by atoms with Gasteiger partial charge in [0.1, 0.15) is 0 Å². The number of allylic oxidation sites excluding steroid dienone is 2. The monoisotopic (exact) mass is 468 g/mol. The van der Waals surface area contributed by atoms with E-state index >= 15 is 0 Å². The van der Waals surface area contributed by atoms with Gasteiger partial charge < -0.3 is 0 Å². The van der Waals surface area contributed by atoms with Crippen LogP contribution in [-0.2, 0) is 4.25 Å². The van der Waals surface area contributed by atoms with Gasteiger partial charge in [-0.1, -0.05) is 0 Å². The van der Waals surface area contributed by atoms with Gasteiger partial charge >= 0.3 is 163 Å². The molecule has 144 valence electrons. The number of hydrogen-bond donors (Lipinski definition) is 0. The van der Waals surface area contributed by atoms with Crippen molar-refractivity contribution in [3.8, 4) is 0 Å². The van der Waals surface area contributed by atoms with Crippen molar-refractivity contribution in [1.29, 1.82) is 0 Å². The Morgan fingerprint density at radius 2 is 1.00 bits per heavy atom. The van der Waals surface area contributed by atoms with Crippen molar-refractivity contribution < 1.29 is 4.25 Å². The standard InChI is InChI=1S/2C9H7.4CH3.2ClH.2H2Si.Ti/c2*1-2-5-9-7-3-6-8(9)4-1;;;;;;;;;/h2*1-7H;4*1H3;2*1H;2*1H2;/q;;;;;;;;;;+2/p-2. The van der Waals surface area contributed by atoms with Crippen LogP contribution in [0.1, 0.15) is 30.7 Å². The molecule has 0 bridgehead atoms. The van der Waals surface area contributed by atoms with E-state index < -0.39 is 4.25 Å². The summed E-state index contributed by atoms with van der Waals surface area (Å²) in [5.41, 5.74) is 4.84. The first-order valence-electron chi connectivity index (χ1n) is 9.81. The summed E-state index contributed by atoms with van der Waals surface area (Å²) < 4.78 is -7.00. The van der Waals surface area contributed by atoms with Gasteiger partial charge in [0.15, 0.2) is 0 Å². The zero-order chi connectivity index (χ0) is 20.3. The summed E-state index contributed by atoms with van der Waals surface area (Å²) in [4.78, 5) is 0. The Labute approximate surface area is 161 Å². The molecule has 0 aromatic heterocycles. The summed E-state index contributed by atoms with van der Waals surface area (Å²) in [5, 5.41) is 8.89. The third-order valence-electron chi connectivity index (χ3n) is 7.80. The van der Waals surface area contributed by atoms with E-state index in [-0.39, 0.29) is 8.45 Å². The molecular formula is C22H30Cl2Si2Ti. The van der Waals surface area contributed by atoms with Gasteiger partial charge in [0.25, 0.3) is 0 Å². The summed E-state index contributed by atoms with van der Waals surface area (Å²) in [6.45, 7) is 0. The second kappa shape index (κ2) is 2.80. The van der Waals surface area contributed by atoms with Crippen molar-refractivity contribution in [1.82, 2.24) is 0 Å². The molecule has 27 heavy (non-hydrogen) atoms. The van der Waals surface area contributed by atoms with E-state index in [1.165, 1.54) is 22.3 Å². The molecule has 0 heterocycles. The van der Waals surface area contributed by atoms with Crippen LogP contribution in [0.3, 0.4) is 0 Å². The van der Waals surface area contributed by atoms with Gasteiger partial charge in [0.2, 0.25) is 0 Å². The second-order valence-electron chi connectivity index (χ2n) is 16.9. The molecular weight excluding hydrogens is 439 g/mol. The fraction of sp³-hybridized carbons (Fsp3) is 0.273. The zero-order valence-electron chi connectivity index (χ0n) is 16.8. The number of halogens is 2. The van der Waals surface area contributed by atoms with Crippen LogP contribution in [0.4, 0.5) is 0 Å². The summed E-state index contributed by atoms with van der Waals surface area (Å²) in [6, 6.07) is 17.0. The van der Waals surface area contributed by atoms with Gasteiger partial charge in [-0.25, -0.2) is 0 Å². The van der Waals surface area contributed by atoms with Crippen LogP contribution in [0.2, 0.25) is 20.9 Å². The third-order valence-corrected chi connectivity index (χ3v) is 33.6. The maximum absolute atomic E-state index is 8.56. The number of fused-ring (bicyclic) bond motifs is 2. The van der Waals surface area contributed by atoms with Gasteiger partial charge in [0.05, 0.1) is 0 Å². The fourth-order valence-corrected chi connectivity index (χ4v) is 27.4. The fourth-order valence-electron chi connectivity index (χ4n) is 6.09. The van der Waals surface area contributed by atoms with E-state index in [0.717, 1.165) is 0 Å². The molecule has 0 radical (unpaired) electrons. The Balaban J connectivity index is 2.32. The predicted molar refractivity (Wildman–Crippen MR) is 129 cm³/mol. The third kappa shape index (κ3) is 2.51. The molecule has 2 aliphatic rings. The first-order chi connectivity index (χ1) is 11.5. The summed E-state index contributed by atoms with van der Waals surface area (Å²) in [5.74, 6) is 0. The Morgan fingerprint density at radius 3 is 1.37 bits per heavy atom. The Hall–Kier alpha value is -0.352. The number of benzene rings is 2. The van der Waals surface area contributed by atoms with E-state index in [2.05, 4.69) is 93.7 Å². The minimum absolute atomic E-state index is 0.145. The van der Waals surface area contributed by atoms with Crippen LogP contribution in [0.25, 0.3) is 12.2 Å². The van der Waals surface area contributed by atoms with E-state index in [4.69, 9.17) is 18.6 Å². The molecule has 0 saturated carbocycles. The van der Waals surface area contributed by atoms with Crippen molar-refractivity contribution in [2.45, 2.75) is 29.4 Å². The summed E-state index contributed by atoms with van der Waals surface area (Å²) in [6.07, 6.45) is 8.89. The topological polar surface area (TPSA) is 0 Å². The molecule has 0 N–H and O–H groups in total. The summed E-state index contributed by atoms with van der Waals surface area (Å²) in [7, 11) is 20.9. The minimum atomic E-state index is -6.71. The molecule has 0 aliphatic heterocycles. The zero-order valence-corrected chi connectivity index (χ0v) is 22.7. The van der Waals surface area contributed by atoms with Crippen molar-refractivity contribution in [3.05, 3.63) is 82.9 Å². The Kier molecular flexibility index (Phi) is 2.07. The second-order valence-corrected chi connectivity index (χ2v) is 130. The molecule has 0 fully saturated rings. The van der Waals surface area contributed by atoms with Crippen LogP contribution >= 0.6 is 18.6 Å².